The second kappa shape index (κ2) is 6.34. The van der Waals surface area contributed by atoms with Crippen LogP contribution in [0.3, 0.4) is 0 Å². The molecule has 0 saturated heterocycles. The van der Waals surface area contributed by atoms with Crippen molar-refractivity contribution in [1.29, 1.82) is 0 Å². The number of aromatic amines is 1. The van der Waals surface area contributed by atoms with Crippen LogP contribution in [0.1, 0.15) is 38.6 Å². The van der Waals surface area contributed by atoms with Crippen LogP contribution in [0.15, 0.2) is 12.4 Å². The van der Waals surface area contributed by atoms with Crippen LogP contribution < -0.4 is 11.1 Å². The summed E-state index contributed by atoms with van der Waals surface area (Å²) in [7, 11) is 0. The van der Waals surface area contributed by atoms with Gasteiger partial charge in [-0.3, -0.25) is 4.79 Å². The number of H-pyrrole nitrogens is 1. The first kappa shape index (κ1) is 13.6. The lowest BCUT2D eigenvalue weighted by Crippen LogP contribution is -2.39. The lowest BCUT2D eigenvalue weighted by atomic mass is 10.0. The number of imidazole rings is 1. The van der Waals surface area contributed by atoms with Crippen molar-refractivity contribution in [2.45, 2.75) is 32.7 Å². The zero-order chi connectivity index (χ0) is 12.8. The van der Waals surface area contributed by atoms with Crippen LogP contribution in [0.5, 0.6) is 0 Å². The molecule has 0 aliphatic rings. The Balaban J connectivity index is 2.60. The predicted molar refractivity (Wildman–Crippen MR) is 70.3 cm³/mol. The third kappa shape index (κ3) is 3.81. The van der Waals surface area contributed by atoms with E-state index in [1.165, 1.54) is 0 Å². The summed E-state index contributed by atoms with van der Waals surface area (Å²) in [5.41, 5.74) is 5.57. The molecular weight excluding hydrogens is 236 g/mol. The summed E-state index contributed by atoms with van der Waals surface area (Å²) in [4.78, 5) is 19.2. The number of rotatable bonds is 6. The first-order valence-electron chi connectivity index (χ1n) is 5.65. The molecule has 5 nitrogen and oxygen atoms in total. The van der Waals surface area contributed by atoms with Crippen molar-refractivity contribution in [2.75, 3.05) is 0 Å². The van der Waals surface area contributed by atoms with E-state index < -0.39 is 5.92 Å². The number of hydrogen-bond acceptors (Lipinski definition) is 3. The van der Waals surface area contributed by atoms with E-state index >= 15 is 0 Å². The molecule has 0 bridgehead atoms. The summed E-state index contributed by atoms with van der Waals surface area (Å²) in [5, 5.41) is 2.85. The maximum absolute atomic E-state index is 12.0. The molecule has 1 amide bonds. The van der Waals surface area contributed by atoms with Gasteiger partial charge in [-0.15, -0.1) is 0 Å². The van der Waals surface area contributed by atoms with Crippen molar-refractivity contribution in [3.8, 4) is 0 Å². The van der Waals surface area contributed by atoms with Crippen LogP contribution in [0.4, 0.5) is 0 Å². The molecule has 0 aliphatic heterocycles. The Labute approximate surface area is 106 Å². The molecule has 17 heavy (non-hydrogen) atoms. The van der Waals surface area contributed by atoms with Crippen LogP contribution in [0.2, 0.25) is 0 Å². The average molecular weight is 254 g/mol. The van der Waals surface area contributed by atoms with Crippen molar-refractivity contribution in [2.24, 2.45) is 11.7 Å². The molecule has 1 aromatic heterocycles. The Morgan fingerprint density at radius 3 is 2.88 bits per heavy atom. The Morgan fingerprint density at radius 1 is 1.71 bits per heavy atom. The largest absolute Gasteiger partial charge is 0.393 e. The van der Waals surface area contributed by atoms with Crippen molar-refractivity contribution in [3.63, 3.8) is 0 Å². The van der Waals surface area contributed by atoms with Gasteiger partial charge in [0.05, 0.1) is 16.9 Å². The lowest BCUT2D eigenvalue weighted by molar-refractivity contribution is -0.123. The Bertz CT molecular complexity index is 377. The van der Waals surface area contributed by atoms with E-state index in [0.29, 0.717) is 6.42 Å². The summed E-state index contributed by atoms with van der Waals surface area (Å²) in [5.74, 6) is 0.187. The first-order chi connectivity index (χ1) is 8.06. The zero-order valence-electron chi connectivity index (χ0n) is 10.1. The third-order valence-corrected chi connectivity index (χ3v) is 2.81. The van der Waals surface area contributed by atoms with E-state index in [1.807, 2.05) is 13.8 Å². The fraction of sp³-hybridized carbons (Fsp3) is 0.545. The minimum atomic E-state index is -0.396. The van der Waals surface area contributed by atoms with Crippen LogP contribution in [-0.4, -0.2) is 20.9 Å². The highest BCUT2D eigenvalue weighted by molar-refractivity contribution is 7.80. The van der Waals surface area contributed by atoms with Gasteiger partial charge in [-0.1, -0.05) is 25.6 Å². The van der Waals surface area contributed by atoms with Gasteiger partial charge in [0.2, 0.25) is 5.91 Å². The number of thiocarbonyl (C=S) groups is 1. The van der Waals surface area contributed by atoms with Crippen molar-refractivity contribution >= 4 is 23.1 Å². The molecule has 0 radical (unpaired) electrons. The quantitative estimate of drug-likeness (QED) is 0.668. The van der Waals surface area contributed by atoms with Crippen LogP contribution in [0.25, 0.3) is 0 Å². The van der Waals surface area contributed by atoms with Gasteiger partial charge in [-0.25, -0.2) is 4.98 Å². The number of carbonyl (C=O) groups excluding carboxylic acids is 1. The molecule has 2 atom stereocenters. The highest BCUT2D eigenvalue weighted by atomic mass is 32.1. The molecule has 1 rings (SSSR count). The Kier molecular flexibility index (Phi) is 5.09. The number of nitrogens with one attached hydrogen (secondary N) is 2. The SMILES string of the molecule is CCCC(C(=O)NC(C)c1ncc[nH]1)C(N)=S. The molecule has 0 fully saturated rings. The smallest absolute Gasteiger partial charge is 0.230 e. The topological polar surface area (TPSA) is 83.8 Å². The number of nitrogens with two attached hydrogens (primary N) is 1. The maximum Gasteiger partial charge on any atom is 0.230 e. The van der Waals surface area contributed by atoms with Gasteiger partial charge >= 0.3 is 0 Å². The molecule has 0 aromatic carbocycles. The lowest BCUT2D eigenvalue weighted by Gasteiger charge is -2.17. The summed E-state index contributed by atoms with van der Waals surface area (Å²) >= 11 is 4.91. The van der Waals surface area contributed by atoms with Crippen molar-refractivity contribution in [3.05, 3.63) is 18.2 Å². The van der Waals surface area contributed by atoms with E-state index in [-0.39, 0.29) is 16.9 Å². The van der Waals surface area contributed by atoms with Crippen LogP contribution >= 0.6 is 12.2 Å². The van der Waals surface area contributed by atoms with E-state index in [1.54, 1.807) is 12.4 Å². The van der Waals surface area contributed by atoms with Crippen molar-refractivity contribution in [1.82, 2.24) is 15.3 Å². The van der Waals surface area contributed by atoms with Gasteiger partial charge in [0.25, 0.3) is 0 Å². The van der Waals surface area contributed by atoms with Gasteiger partial charge in [0.15, 0.2) is 0 Å². The first-order valence-corrected chi connectivity index (χ1v) is 6.06. The van der Waals surface area contributed by atoms with E-state index in [2.05, 4.69) is 15.3 Å². The number of nitrogens with zero attached hydrogens (tertiary/aromatic N) is 1. The number of aromatic nitrogens is 2. The van der Waals surface area contributed by atoms with Crippen LogP contribution in [0, 0.1) is 5.92 Å². The fourth-order valence-corrected chi connectivity index (χ4v) is 1.81. The normalized spacial score (nSPS) is 14.0. The Morgan fingerprint density at radius 2 is 2.41 bits per heavy atom. The minimum absolute atomic E-state index is 0.136. The van der Waals surface area contributed by atoms with Gasteiger partial charge in [0.1, 0.15) is 5.82 Å². The molecule has 1 heterocycles. The average Bonchev–Trinajstić information content (AvgIpc) is 2.78. The molecule has 2 unspecified atom stereocenters. The molecule has 6 heteroatoms. The maximum atomic E-state index is 12.0. The third-order valence-electron chi connectivity index (χ3n) is 2.53. The number of hydrogen-bond donors (Lipinski definition) is 3. The van der Waals surface area contributed by atoms with Gasteiger partial charge in [0, 0.05) is 12.4 Å². The van der Waals surface area contributed by atoms with E-state index in [4.69, 9.17) is 18.0 Å². The van der Waals surface area contributed by atoms with Gasteiger partial charge < -0.3 is 16.0 Å². The number of amides is 1. The van der Waals surface area contributed by atoms with Crippen LogP contribution in [-0.2, 0) is 4.79 Å². The highest BCUT2D eigenvalue weighted by Crippen LogP contribution is 2.11. The molecule has 4 N–H and O–H groups in total. The molecular formula is C11H18N4OS. The Hall–Kier alpha value is -1.43. The summed E-state index contributed by atoms with van der Waals surface area (Å²) in [6.07, 6.45) is 4.90. The summed E-state index contributed by atoms with van der Waals surface area (Å²) in [6.45, 7) is 3.85. The summed E-state index contributed by atoms with van der Waals surface area (Å²) < 4.78 is 0. The number of carbonyl (C=O) groups is 1. The second-order valence-electron chi connectivity index (χ2n) is 3.95. The minimum Gasteiger partial charge on any atom is -0.393 e. The highest BCUT2D eigenvalue weighted by Gasteiger charge is 2.22. The van der Waals surface area contributed by atoms with Gasteiger partial charge in [-0.05, 0) is 13.3 Å². The molecule has 94 valence electrons. The van der Waals surface area contributed by atoms with E-state index in [0.717, 1.165) is 12.2 Å². The van der Waals surface area contributed by atoms with E-state index in [9.17, 15) is 4.79 Å². The monoisotopic (exact) mass is 254 g/mol. The molecule has 0 spiro atoms. The predicted octanol–water partition coefficient (Wildman–Crippen LogP) is 1.29. The fourth-order valence-electron chi connectivity index (χ4n) is 1.59. The molecule has 0 aliphatic carbocycles. The van der Waals surface area contributed by atoms with Gasteiger partial charge in [-0.2, -0.15) is 0 Å². The summed E-state index contributed by atoms with van der Waals surface area (Å²) in [6, 6.07) is -0.175. The second-order valence-corrected chi connectivity index (χ2v) is 4.42. The van der Waals surface area contributed by atoms with Crippen molar-refractivity contribution < 1.29 is 4.79 Å². The molecule has 1 aromatic rings. The standard InChI is InChI=1S/C11H18N4OS/c1-3-4-8(9(12)17)11(16)15-7(2)10-13-5-6-14-10/h5-8H,3-4H2,1-2H3,(H2,12,17)(H,13,14)(H,15,16). The zero-order valence-corrected chi connectivity index (χ0v) is 10.9. The molecule has 0 saturated carbocycles.